The van der Waals surface area contributed by atoms with E-state index in [-0.39, 0.29) is 17.9 Å². The van der Waals surface area contributed by atoms with Crippen molar-refractivity contribution in [2.75, 3.05) is 6.54 Å². The number of hydrogen-bond donors (Lipinski definition) is 2. The highest BCUT2D eigenvalue weighted by molar-refractivity contribution is 5.70. The second kappa shape index (κ2) is 4.78. The van der Waals surface area contributed by atoms with Crippen LogP contribution >= 0.6 is 0 Å². The van der Waals surface area contributed by atoms with Gasteiger partial charge in [0, 0.05) is 6.54 Å². The summed E-state index contributed by atoms with van der Waals surface area (Å²) in [5, 5.41) is 8.94. The van der Waals surface area contributed by atoms with Crippen molar-refractivity contribution < 1.29 is 9.90 Å². The van der Waals surface area contributed by atoms with Crippen molar-refractivity contribution in [2.24, 2.45) is 17.1 Å². The topological polar surface area (TPSA) is 63.3 Å². The Kier molecular flexibility index (Phi) is 3.93. The largest absolute Gasteiger partial charge is 0.481 e. The van der Waals surface area contributed by atoms with Gasteiger partial charge in [0.05, 0.1) is 5.92 Å². The highest BCUT2D eigenvalue weighted by Crippen LogP contribution is 2.40. The zero-order valence-electron chi connectivity index (χ0n) is 8.96. The van der Waals surface area contributed by atoms with Crippen LogP contribution in [0.15, 0.2) is 0 Å². The van der Waals surface area contributed by atoms with Crippen molar-refractivity contribution in [3.63, 3.8) is 0 Å². The summed E-state index contributed by atoms with van der Waals surface area (Å²) in [4.78, 5) is 10.9. The van der Waals surface area contributed by atoms with E-state index in [4.69, 9.17) is 10.8 Å². The maximum Gasteiger partial charge on any atom is 0.307 e. The maximum absolute atomic E-state index is 10.9. The third-order valence-corrected chi connectivity index (χ3v) is 3.43. The zero-order chi connectivity index (χ0) is 10.6. The van der Waals surface area contributed by atoms with E-state index in [1.54, 1.807) is 0 Å². The first-order valence-electron chi connectivity index (χ1n) is 5.50. The second-order valence-electron chi connectivity index (χ2n) is 4.85. The van der Waals surface area contributed by atoms with Crippen molar-refractivity contribution >= 4 is 5.97 Å². The molecule has 1 aliphatic rings. The summed E-state index contributed by atoms with van der Waals surface area (Å²) >= 11 is 0. The van der Waals surface area contributed by atoms with Gasteiger partial charge in [-0.3, -0.25) is 4.79 Å². The predicted molar refractivity (Wildman–Crippen MR) is 56.0 cm³/mol. The molecule has 0 radical (unpaired) electrons. The fraction of sp³-hybridized carbons (Fsp3) is 0.909. The van der Waals surface area contributed by atoms with Gasteiger partial charge in [-0.15, -0.1) is 0 Å². The standard InChI is InChI=1S/C11H21NO2/c1-11(5-3-2-4-6-11)7-9(8-12)10(13)14/h9H,2-8,12H2,1H3,(H,13,14). The molecule has 1 unspecified atom stereocenters. The van der Waals surface area contributed by atoms with E-state index >= 15 is 0 Å². The zero-order valence-corrected chi connectivity index (χ0v) is 8.96. The van der Waals surface area contributed by atoms with Crippen molar-refractivity contribution in [3.05, 3.63) is 0 Å². The van der Waals surface area contributed by atoms with Crippen molar-refractivity contribution in [3.8, 4) is 0 Å². The maximum atomic E-state index is 10.9. The highest BCUT2D eigenvalue weighted by atomic mass is 16.4. The van der Waals surface area contributed by atoms with E-state index < -0.39 is 5.97 Å². The molecule has 1 atom stereocenters. The summed E-state index contributed by atoms with van der Waals surface area (Å²) in [5.74, 6) is -1.09. The Bertz CT molecular complexity index is 197. The van der Waals surface area contributed by atoms with Gasteiger partial charge in [-0.1, -0.05) is 26.2 Å². The number of rotatable bonds is 4. The quantitative estimate of drug-likeness (QED) is 0.728. The molecule has 1 saturated carbocycles. The van der Waals surface area contributed by atoms with Crippen molar-refractivity contribution in [1.82, 2.24) is 0 Å². The van der Waals surface area contributed by atoms with Gasteiger partial charge in [0.25, 0.3) is 0 Å². The highest BCUT2D eigenvalue weighted by Gasteiger charge is 2.31. The van der Waals surface area contributed by atoms with E-state index in [0.717, 1.165) is 19.3 Å². The van der Waals surface area contributed by atoms with Crippen molar-refractivity contribution in [1.29, 1.82) is 0 Å². The number of hydrogen-bond acceptors (Lipinski definition) is 2. The van der Waals surface area contributed by atoms with Gasteiger partial charge in [-0.25, -0.2) is 0 Å². The molecule has 1 rings (SSSR count). The molecule has 0 bridgehead atoms. The van der Waals surface area contributed by atoms with Gasteiger partial charge in [-0.2, -0.15) is 0 Å². The van der Waals surface area contributed by atoms with Crippen LogP contribution in [0.25, 0.3) is 0 Å². The lowest BCUT2D eigenvalue weighted by molar-refractivity contribution is -0.142. The molecule has 0 amide bonds. The molecule has 0 spiro atoms. The fourth-order valence-electron chi connectivity index (χ4n) is 2.48. The summed E-state index contributed by atoms with van der Waals surface area (Å²) in [6, 6.07) is 0. The Labute approximate surface area is 85.7 Å². The van der Waals surface area contributed by atoms with Crippen LogP contribution in [0, 0.1) is 11.3 Å². The summed E-state index contributed by atoms with van der Waals surface area (Å²) in [5.41, 5.74) is 5.69. The molecule has 3 nitrogen and oxygen atoms in total. The Morgan fingerprint density at radius 1 is 1.43 bits per heavy atom. The Morgan fingerprint density at radius 2 is 2.00 bits per heavy atom. The second-order valence-corrected chi connectivity index (χ2v) is 4.85. The van der Waals surface area contributed by atoms with E-state index in [0.29, 0.717) is 0 Å². The molecule has 14 heavy (non-hydrogen) atoms. The summed E-state index contributed by atoms with van der Waals surface area (Å²) in [6.45, 7) is 2.47. The molecular weight excluding hydrogens is 178 g/mol. The molecule has 1 fully saturated rings. The van der Waals surface area contributed by atoms with Gasteiger partial charge in [0.2, 0.25) is 0 Å². The van der Waals surface area contributed by atoms with Crippen LogP contribution in [0.4, 0.5) is 0 Å². The Balaban J connectivity index is 2.50. The first-order chi connectivity index (χ1) is 6.57. The molecule has 3 N–H and O–H groups in total. The lowest BCUT2D eigenvalue weighted by Crippen LogP contribution is -2.31. The number of carboxylic acids is 1. The van der Waals surface area contributed by atoms with E-state index in [1.165, 1.54) is 19.3 Å². The van der Waals surface area contributed by atoms with Gasteiger partial charge >= 0.3 is 5.97 Å². The average Bonchev–Trinajstić information content (AvgIpc) is 2.15. The molecule has 3 heteroatoms. The minimum Gasteiger partial charge on any atom is -0.481 e. The number of nitrogens with two attached hydrogens (primary N) is 1. The number of carboxylic acid groups (broad SMARTS) is 1. The molecule has 1 aliphatic carbocycles. The molecule has 0 aromatic rings. The van der Waals surface area contributed by atoms with Gasteiger partial charge in [0.15, 0.2) is 0 Å². The molecule has 82 valence electrons. The molecule has 0 aliphatic heterocycles. The fourth-order valence-corrected chi connectivity index (χ4v) is 2.48. The normalized spacial score (nSPS) is 23.0. The van der Waals surface area contributed by atoms with Gasteiger partial charge in [-0.05, 0) is 24.7 Å². The lowest BCUT2D eigenvalue weighted by atomic mass is 9.70. The minimum absolute atomic E-state index is 0.223. The van der Waals surface area contributed by atoms with Gasteiger partial charge < -0.3 is 10.8 Å². The first-order valence-corrected chi connectivity index (χ1v) is 5.50. The van der Waals surface area contributed by atoms with Gasteiger partial charge in [0.1, 0.15) is 0 Å². The van der Waals surface area contributed by atoms with Crippen molar-refractivity contribution in [2.45, 2.75) is 45.4 Å². The van der Waals surface area contributed by atoms with E-state index in [1.807, 2.05) is 0 Å². The number of carbonyl (C=O) groups is 1. The van der Waals surface area contributed by atoms with E-state index in [2.05, 4.69) is 6.92 Å². The Hall–Kier alpha value is -0.570. The molecule has 0 aromatic carbocycles. The third-order valence-electron chi connectivity index (χ3n) is 3.43. The van der Waals surface area contributed by atoms with Crippen LogP contribution < -0.4 is 5.73 Å². The smallest absolute Gasteiger partial charge is 0.307 e. The van der Waals surface area contributed by atoms with E-state index in [9.17, 15) is 4.79 Å². The first kappa shape index (κ1) is 11.5. The minimum atomic E-state index is -0.737. The molecule has 0 saturated heterocycles. The van der Waals surface area contributed by atoms with Crippen LogP contribution in [-0.4, -0.2) is 17.6 Å². The third kappa shape index (κ3) is 2.98. The van der Waals surface area contributed by atoms with Crippen LogP contribution in [0.2, 0.25) is 0 Å². The summed E-state index contributed by atoms with van der Waals surface area (Å²) in [6.07, 6.45) is 6.86. The molecule has 0 aromatic heterocycles. The predicted octanol–water partition coefficient (Wildman–Crippen LogP) is 2.01. The van der Waals surface area contributed by atoms with Crippen LogP contribution in [0.3, 0.4) is 0 Å². The molecular formula is C11H21NO2. The SMILES string of the molecule is CC1(CC(CN)C(=O)O)CCCCC1. The number of aliphatic carboxylic acids is 1. The summed E-state index contributed by atoms with van der Waals surface area (Å²) < 4.78 is 0. The monoisotopic (exact) mass is 199 g/mol. The van der Waals surface area contributed by atoms with Crippen LogP contribution in [-0.2, 0) is 4.79 Å². The lowest BCUT2D eigenvalue weighted by Gasteiger charge is -2.35. The van der Waals surface area contributed by atoms with Crippen LogP contribution in [0.5, 0.6) is 0 Å². The average molecular weight is 199 g/mol. The molecule has 0 heterocycles. The Morgan fingerprint density at radius 3 is 2.43 bits per heavy atom. The van der Waals surface area contributed by atoms with Crippen LogP contribution in [0.1, 0.15) is 45.4 Å². The summed E-state index contributed by atoms with van der Waals surface area (Å²) in [7, 11) is 0.